The highest BCUT2D eigenvalue weighted by molar-refractivity contribution is 5.65. The van der Waals surface area contributed by atoms with Crippen molar-refractivity contribution in [3.8, 4) is 0 Å². The Morgan fingerprint density at radius 3 is 2.18 bits per heavy atom. The second-order valence-corrected chi connectivity index (χ2v) is 3.21. The first kappa shape index (κ1) is 15.9. The van der Waals surface area contributed by atoms with E-state index in [4.69, 9.17) is 5.11 Å². The molecule has 0 aliphatic rings. The first-order valence-corrected chi connectivity index (χ1v) is 4.48. The molecule has 1 N–H and O–H groups in total. The van der Waals surface area contributed by atoms with Crippen molar-refractivity contribution in [2.24, 2.45) is 0 Å². The Balaban J connectivity index is 5.13. The molecule has 0 radical (unpaired) electrons. The first-order valence-electron chi connectivity index (χ1n) is 4.48. The molecule has 0 spiro atoms. The summed E-state index contributed by atoms with van der Waals surface area (Å²) in [5, 5.41) is 8.42. The van der Waals surface area contributed by atoms with E-state index in [2.05, 4.69) is 4.74 Å². The standard InChI is InChI=1S/C8H12F5NO3/c1-5(9)7(10,11)8(12,13)14(6(15)16)3-4-17-2/h5H,3-4H2,1-2H3,(H,15,16). The van der Waals surface area contributed by atoms with Gasteiger partial charge in [0, 0.05) is 7.11 Å². The van der Waals surface area contributed by atoms with Crippen LogP contribution in [-0.4, -0.2) is 54.5 Å². The van der Waals surface area contributed by atoms with E-state index in [1.165, 1.54) is 0 Å². The quantitative estimate of drug-likeness (QED) is 0.591. The van der Waals surface area contributed by atoms with E-state index in [0.29, 0.717) is 0 Å². The van der Waals surface area contributed by atoms with Crippen molar-refractivity contribution in [1.29, 1.82) is 0 Å². The predicted molar refractivity (Wildman–Crippen MR) is 47.1 cm³/mol. The van der Waals surface area contributed by atoms with Crippen molar-refractivity contribution in [1.82, 2.24) is 4.90 Å². The molecule has 0 bridgehead atoms. The number of amides is 1. The lowest BCUT2D eigenvalue weighted by Gasteiger charge is -2.34. The second-order valence-electron chi connectivity index (χ2n) is 3.21. The predicted octanol–water partition coefficient (Wildman–Crippen LogP) is 2.20. The average molecular weight is 265 g/mol. The SMILES string of the molecule is COCCN(C(=O)O)C(F)(F)C(F)(F)C(C)F. The molecule has 0 saturated heterocycles. The number of alkyl halides is 5. The van der Waals surface area contributed by atoms with Gasteiger partial charge in [-0.3, -0.25) is 0 Å². The van der Waals surface area contributed by atoms with E-state index in [-0.39, 0.29) is 6.92 Å². The Morgan fingerprint density at radius 1 is 1.41 bits per heavy atom. The summed E-state index contributed by atoms with van der Waals surface area (Å²) in [6, 6.07) is -5.15. The summed E-state index contributed by atoms with van der Waals surface area (Å²) in [5.41, 5.74) is 0. The maximum atomic E-state index is 13.2. The first-order chi connectivity index (χ1) is 7.59. The van der Waals surface area contributed by atoms with E-state index in [1.807, 2.05) is 0 Å². The Labute approximate surface area is 94.0 Å². The lowest BCUT2D eigenvalue weighted by atomic mass is 10.1. The number of carboxylic acid groups (broad SMARTS) is 1. The molecule has 0 aromatic rings. The summed E-state index contributed by atoms with van der Waals surface area (Å²) in [5.74, 6) is -5.11. The number of rotatable bonds is 6. The van der Waals surface area contributed by atoms with Crippen LogP contribution in [0, 0.1) is 0 Å². The van der Waals surface area contributed by atoms with E-state index < -0.39 is 42.3 Å². The number of methoxy groups -OCH3 is 1. The fourth-order valence-corrected chi connectivity index (χ4v) is 0.958. The van der Waals surface area contributed by atoms with Crippen molar-refractivity contribution < 1.29 is 36.6 Å². The molecule has 0 fully saturated rings. The number of hydrogen-bond donors (Lipinski definition) is 1. The second kappa shape index (κ2) is 5.48. The number of nitrogens with zero attached hydrogens (tertiary/aromatic N) is 1. The smallest absolute Gasteiger partial charge is 0.412 e. The fraction of sp³-hybridized carbons (Fsp3) is 0.875. The molecule has 1 unspecified atom stereocenters. The van der Waals surface area contributed by atoms with Crippen molar-refractivity contribution in [2.75, 3.05) is 20.3 Å². The molecule has 17 heavy (non-hydrogen) atoms. The number of hydrogen-bond acceptors (Lipinski definition) is 2. The van der Waals surface area contributed by atoms with Gasteiger partial charge in [-0.2, -0.15) is 17.6 Å². The lowest BCUT2D eigenvalue weighted by Crippen LogP contribution is -2.60. The van der Waals surface area contributed by atoms with Gasteiger partial charge >= 0.3 is 18.1 Å². The van der Waals surface area contributed by atoms with Gasteiger partial charge < -0.3 is 9.84 Å². The Morgan fingerprint density at radius 2 is 1.88 bits per heavy atom. The van der Waals surface area contributed by atoms with Gasteiger partial charge in [-0.05, 0) is 6.92 Å². The molecule has 1 amide bonds. The van der Waals surface area contributed by atoms with Gasteiger partial charge in [0.15, 0.2) is 6.17 Å². The van der Waals surface area contributed by atoms with Crippen molar-refractivity contribution >= 4 is 6.09 Å². The molecule has 0 heterocycles. The van der Waals surface area contributed by atoms with Gasteiger partial charge in [0.1, 0.15) is 0 Å². The molecular formula is C8H12F5NO3. The van der Waals surface area contributed by atoms with E-state index in [1.54, 1.807) is 0 Å². The van der Waals surface area contributed by atoms with Crippen molar-refractivity contribution in [2.45, 2.75) is 25.1 Å². The van der Waals surface area contributed by atoms with Crippen LogP contribution in [0.2, 0.25) is 0 Å². The minimum atomic E-state index is -5.15. The molecule has 1 atom stereocenters. The maximum Gasteiger partial charge on any atom is 0.412 e. The zero-order valence-electron chi connectivity index (χ0n) is 9.09. The molecule has 0 aromatic heterocycles. The Kier molecular flexibility index (Phi) is 5.12. The molecule has 0 aliphatic heterocycles. The maximum absolute atomic E-state index is 13.2. The van der Waals surface area contributed by atoms with Crippen LogP contribution in [0.1, 0.15) is 6.92 Å². The van der Waals surface area contributed by atoms with Crippen LogP contribution in [0.25, 0.3) is 0 Å². The molecule has 102 valence electrons. The minimum Gasteiger partial charge on any atom is -0.465 e. The largest absolute Gasteiger partial charge is 0.465 e. The number of halogens is 5. The van der Waals surface area contributed by atoms with Crippen LogP contribution in [0.15, 0.2) is 0 Å². The number of ether oxygens (including phenoxy) is 1. The summed E-state index contributed by atoms with van der Waals surface area (Å²) in [6.07, 6.45) is -5.48. The average Bonchev–Trinajstić information content (AvgIpc) is 2.16. The lowest BCUT2D eigenvalue weighted by molar-refractivity contribution is -0.293. The molecule has 9 heteroatoms. The third-order valence-corrected chi connectivity index (χ3v) is 1.99. The van der Waals surface area contributed by atoms with Crippen LogP contribution >= 0.6 is 0 Å². The Bertz CT molecular complexity index is 272. The van der Waals surface area contributed by atoms with Crippen molar-refractivity contribution in [3.05, 3.63) is 0 Å². The van der Waals surface area contributed by atoms with Gasteiger partial charge in [0.05, 0.1) is 13.2 Å². The van der Waals surface area contributed by atoms with Gasteiger partial charge in [-0.1, -0.05) is 0 Å². The normalized spacial score (nSPS) is 14.5. The van der Waals surface area contributed by atoms with Gasteiger partial charge in [-0.15, -0.1) is 0 Å². The van der Waals surface area contributed by atoms with Crippen LogP contribution in [0.5, 0.6) is 0 Å². The van der Waals surface area contributed by atoms with E-state index >= 15 is 0 Å². The van der Waals surface area contributed by atoms with E-state index in [9.17, 15) is 26.7 Å². The zero-order chi connectivity index (χ0) is 13.9. The van der Waals surface area contributed by atoms with Crippen LogP contribution < -0.4 is 0 Å². The third kappa shape index (κ3) is 3.18. The van der Waals surface area contributed by atoms with E-state index in [0.717, 1.165) is 7.11 Å². The summed E-state index contributed by atoms with van der Waals surface area (Å²) in [6.45, 7) is -1.29. The molecule has 0 rings (SSSR count). The summed E-state index contributed by atoms with van der Waals surface area (Å²) >= 11 is 0. The molecule has 0 saturated carbocycles. The number of carbonyl (C=O) groups is 1. The highest BCUT2D eigenvalue weighted by Gasteiger charge is 2.65. The summed E-state index contributed by atoms with van der Waals surface area (Å²) < 4.78 is 68.9. The molecule has 4 nitrogen and oxygen atoms in total. The third-order valence-electron chi connectivity index (χ3n) is 1.99. The topological polar surface area (TPSA) is 49.8 Å². The molecule has 0 aliphatic carbocycles. The van der Waals surface area contributed by atoms with Crippen LogP contribution in [0.3, 0.4) is 0 Å². The van der Waals surface area contributed by atoms with Crippen molar-refractivity contribution in [3.63, 3.8) is 0 Å². The summed E-state index contributed by atoms with van der Waals surface area (Å²) in [7, 11) is 1.08. The van der Waals surface area contributed by atoms with Gasteiger partial charge in [-0.25, -0.2) is 14.1 Å². The highest BCUT2D eigenvalue weighted by Crippen LogP contribution is 2.40. The van der Waals surface area contributed by atoms with Gasteiger partial charge in [0.25, 0.3) is 0 Å². The van der Waals surface area contributed by atoms with Crippen LogP contribution in [-0.2, 0) is 4.74 Å². The monoisotopic (exact) mass is 265 g/mol. The Hall–Kier alpha value is -1.12. The van der Waals surface area contributed by atoms with Crippen LogP contribution in [0.4, 0.5) is 26.7 Å². The zero-order valence-corrected chi connectivity index (χ0v) is 9.09. The fourth-order valence-electron chi connectivity index (χ4n) is 0.958. The van der Waals surface area contributed by atoms with Gasteiger partial charge in [0.2, 0.25) is 0 Å². The molecular weight excluding hydrogens is 253 g/mol. The minimum absolute atomic E-state index is 0.226. The molecule has 0 aromatic carbocycles. The summed E-state index contributed by atoms with van der Waals surface area (Å²) in [4.78, 5) is 9.62. The highest BCUT2D eigenvalue weighted by atomic mass is 19.3.